The van der Waals surface area contributed by atoms with E-state index in [1.165, 1.54) is 11.1 Å². The molecule has 0 saturated carbocycles. The Morgan fingerprint density at radius 1 is 1.15 bits per heavy atom. The Morgan fingerprint density at radius 3 is 2.60 bits per heavy atom. The van der Waals surface area contributed by atoms with Crippen molar-refractivity contribution in [3.63, 3.8) is 0 Å². The van der Waals surface area contributed by atoms with Crippen LogP contribution in [0.25, 0.3) is 11.3 Å². The third kappa shape index (κ3) is 2.98. The van der Waals surface area contributed by atoms with Gasteiger partial charge in [0.1, 0.15) is 11.6 Å². The van der Waals surface area contributed by atoms with Gasteiger partial charge in [0.25, 0.3) is 0 Å². The normalized spacial score (nSPS) is 10.6. The number of hydrogen-bond donors (Lipinski definition) is 1. The highest BCUT2D eigenvalue weighted by Gasteiger charge is 2.11. The van der Waals surface area contributed by atoms with E-state index >= 15 is 0 Å². The predicted octanol–water partition coefficient (Wildman–Crippen LogP) is 4.01. The fourth-order valence-electron chi connectivity index (χ4n) is 2.36. The van der Waals surface area contributed by atoms with Crippen LogP contribution < -0.4 is 5.32 Å². The van der Waals surface area contributed by atoms with Gasteiger partial charge in [0.05, 0.1) is 5.69 Å². The van der Waals surface area contributed by atoms with E-state index in [9.17, 15) is 0 Å². The van der Waals surface area contributed by atoms with Crippen molar-refractivity contribution < 1.29 is 0 Å². The molecule has 0 spiro atoms. The topological polar surface area (TPSA) is 37.8 Å². The van der Waals surface area contributed by atoms with Gasteiger partial charge in [-0.1, -0.05) is 32.0 Å². The van der Waals surface area contributed by atoms with Crippen LogP contribution >= 0.6 is 0 Å². The molecule has 106 valence electrons. The van der Waals surface area contributed by atoms with E-state index < -0.39 is 0 Å². The average molecular weight is 269 g/mol. The standard InChI is InChI=1S/C17H23N3/c1-5-8-15-19-16(12(3)17(18-4)20-15)14-10-7-9-13(6-2)11-14/h7,9-11H,5-6,8H2,1-4H3,(H,18,19,20). The number of aromatic nitrogens is 2. The molecule has 0 saturated heterocycles. The van der Waals surface area contributed by atoms with Crippen molar-refractivity contribution in [2.45, 2.75) is 40.0 Å². The molecular formula is C17H23N3. The van der Waals surface area contributed by atoms with Gasteiger partial charge in [0.2, 0.25) is 0 Å². The molecule has 0 fully saturated rings. The quantitative estimate of drug-likeness (QED) is 0.891. The number of rotatable bonds is 5. The second-order valence-corrected chi connectivity index (χ2v) is 5.02. The Balaban J connectivity index is 2.55. The fraction of sp³-hybridized carbons (Fsp3) is 0.412. The van der Waals surface area contributed by atoms with Crippen molar-refractivity contribution in [1.29, 1.82) is 0 Å². The van der Waals surface area contributed by atoms with Crippen LogP contribution in [0.5, 0.6) is 0 Å². The Labute approximate surface area is 121 Å². The fourth-order valence-corrected chi connectivity index (χ4v) is 2.36. The van der Waals surface area contributed by atoms with Gasteiger partial charge in [-0.3, -0.25) is 0 Å². The van der Waals surface area contributed by atoms with E-state index in [0.717, 1.165) is 42.2 Å². The molecule has 2 rings (SSSR count). The molecule has 1 aromatic carbocycles. The predicted molar refractivity (Wildman–Crippen MR) is 85.1 cm³/mol. The first kappa shape index (κ1) is 14.5. The number of hydrogen-bond acceptors (Lipinski definition) is 3. The third-order valence-electron chi connectivity index (χ3n) is 3.51. The second-order valence-electron chi connectivity index (χ2n) is 5.02. The van der Waals surface area contributed by atoms with Crippen LogP contribution in [0.2, 0.25) is 0 Å². The molecule has 0 atom stereocenters. The molecular weight excluding hydrogens is 246 g/mol. The van der Waals surface area contributed by atoms with Gasteiger partial charge in [-0.15, -0.1) is 0 Å². The van der Waals surface area contributed by atoms with Crippen LogP contribution in [0, 0.1) is 6.92 Å². The van der Waals surface area contributed by atoms with Gasteiger partial charge >= 0.3 is 0 Å². The number of aryl methyl sites for hydroxylation is 2. The molecule has 3 nitrogen and oxygen atoms in total. The highest BCUT2D eigenvalue weighted by atomic mass is 15.0. The molecule has 2 aromatic rings. The largest absolute Gasteiger partial charge is 0.373 e. The zero-order chi connectivity index (χ0) is 14.5. The lowest BCUT2D eigenvalue weighted by Gasteiger charge is -2.13. The number of anilines is 1. The number of nitrogens with zero attached hydrogens (tertiary/aromatic N) is 2. The molecule has 1 N–H and O–H groups in total. The maximum Gasteiger partial charge on any atom is 0.132 e. The zero-order valence-electron chi connectivity index (χ0n) is 12.8. The Kier molecular flexibility index (Phi) is 4.72. The summed E-state index contributed by atoms with van der Waals surface area (Å²) in [6.07, 6.45) is 3.01. The van der Waals surface area contributed by atoms with Crippen LogP contribution in [0.1, 0.15) is 37.2 Å². The summed E-state index contributed by atoms with van der Waals surface area (Å²) in [6, 6.07) is 8.62. The van der Waals surface area contributed by atoms with Gasteiger partial charge in [0, 0.05) is 24.6 Å². The highest BCUT2D eigenvalue weighted by molar-refractivity contribution is 5.68. The van der Waals surface area contributed by atoms with Crippen LogP contribution in [0.4, 0.5) is 5.82 Å². The summed E-state index contributed by atoms with van der Waals surface area (Å²) < 4.78 is 0. The molecule has 1 heterocycles. The van der Waals surface area contributed by atoms with Gasteiger partial charge in [-0.05, 0) is 31.4 Å². The molecule has 0 radical (unpaired) electrons. The minimum absolute atomic E-state index is 0.912. The molecule has 20 heavy (non-hydrogen) atoms. The molecule has 3 heteroatoms. The van der Waals surface area contributed by atoms with E-state index in [1.54, 1.807) is 0 Å². The molecule has 0 bridgehead atoms. The van der Waals surface area contributed by atoms with Gasteiger partial charge in [0.15, 0.2) is 0 Å². The number of benzene rings is 1. The summed E-state index contributed by atoms with van der Waals surface area (Å²) in [5.41, 5.74) is 4.67. The van der Waals surface area contributed by atoms with Crippen LogP contribution in [-0.2, 0) is 12.8 Å². The molecule has 0 amide bonds. The first-order valence-electron chi connectivity index (χ1n) is 7.34. The molecule has 0 aliphatic rings. The first-order chi connectivity index (χ1) is 9.69. The lowest BCUT2D eigenvalue weighted by Crippen LogP contribution is -2.05. The lowest BCUT2D eigenvalue weighted by molar-refractivity contribution is 0.834. The lowest BCUT2D eigenvalue weighted by atomic mass is 10.0. The van der Waals surface area contributed by atoms with Crippen molar-refractivity contribution in [1.82, 2.24) is 9.97 Å². The summed E-state index contributed by atoms with van der Waals surface area (Å²) in [5, 5.41) is 3.18. The maximum absolute atomic E-state index is 4.77. The number of nitrogens with one attached hydrogen (secondary N) is 1. The Bertz CT molecular complexity index is 591. The minimum atomic E-state index is 0.912. The summed E-state index contributed by atoms with van der Waals surface area (Å²) in [7, 11) is 1.91. The van der Waals surface area contributed by atoms with Crippen molar-refractivity contribution in [2.75, 3.05) is 12.4 Å². The molecule has 0 aliphatic carbocycles. The monoisotopic (exact) mass is 269 g/mol. The summed E-state index contributed by atoms with van der Waals surface area (Å²) >= 11 is 0. The Hall–Kier alpha value is -1.90. The van der Waals surface area contributed by atoms with E-state index in [-0.39, 0.29) is 0 Å². The van der Waals surface area contributed by atoms with Crippen LogP contribution in [-0.4, -0.2) is 17.0 Å². The first-order valence-corrected chi connectivity index (χ1v) is 7.34. The van der Waals surface area contributed by atoms with Crippen molar-refractivity contribution in [2.24, 2.45) is 0 Å². The van der Waals surface area contributed by atoms with Crippen molar-refractivity contribution in [3.05, 3.63) is 41.2 Å². The zero-order valence-corrected chi connectivity index (χ0v) is 12.8. The summed E-state index contributed by atoms with van der Waals surface area (Å²) in [4.78, 5) is 9.35. The molecule has 1 aromatic heterocycles. The maximum atomic E-state index is 4.77. The Morgan fingerprint density at radius 2 is 1.95 bits per heavy atom. The molecule has 0 aliphatic heterocycles. The smallest absolute Gasteiger partial charge is 0.132 e. The van der Waals surface area contributed by atoms with Gasteiger partial charge in [-0.2, -0.15) is 0 Å². The van der Waals surface area contributed by atoms with E-state index in [2.05, 4.69) is 55.3 Å². The van der Waals surface area contributed by atoms with E-state index in [0.29, 0.717) is 0 Å². The average Bonchev–Trinajstić information content (AvgIpc) is 2.49. The van der Waals surface area contributed by atoms with Crippen molar-refractivity contribution in [3.8, 4) is 11.3 Å². The molecule has 0 unspecified atom stereocenters. The van der Waals surface area contributed by atoms with Gasteiger partial charge in [-0.25, -0.2) is 9.97 Å². The van der Waals surface area contributed by atoms with E-state index in [1.807, 2.05) is 7.05 Å². The van der Waals surface area contributed by atoms with E-state index in [4.69, 9.17) is 4.98 Å². The van der Waals surface area contributed by atoms with Gasteiger partial charge < -0.3 is 5.32 Å². The SMILES string of the molecule is CCCc1nc(NC)c(C)c(-c2cccc(CC)c2)n1. The van der Waals surface area contributed by atoms with Crippen LogP contribution in [0.15, 0.2) is 24.3 Å². The minimum Gasteiger partial charge on any atom is -0.373 e. The summed E-state index contributed by atoms with van der Waals surface area (Å²) in [6.45, 7) is 6.41. The van der Waals surface area contributed by atoms with Crippen LogP contribution in [0.3, 0.4) is 0 Å². The van der Waals surface area contributed by atoms with Crippen molar-refractivity contribution >= 4 is 5.82 Å². The second kappa shape index (κ2) is 6.51. The third-order valence-corrected chi connectivity index (χ3v) is 3.51. The highest BCUT2D eigenvalue weighted by Crippen LogP contribution is 2.26. The summed E-state index contributed by atoms with van der Waals surface area (Å²) in [5.74, 6) is 1.85.